The van der Waals surface area contributed by atoms with Crippen LogP contribution in [-0.4, -0.2) is 19.1 Å². The van der Waals surface area contributed by atoms with E-state index in [2.05, 4.69) is 191 Å². The molecule has 0 atom stereocenters. The predicted molar refractivity (Wildman–Crippen MR) is 232 cm³/mol. The summed E-state index contributed by atoms with van der Waals surface area (Å²) in [6.07, 6.45) is 0. The van der Waals surface area contributed by atoms with Gasteiger partial charge in [-0.05, 0) is 60.2 Å². The summed E-state index contributed by atoms with van der Waals surface area (Å²) in [5.41, 5.74) is 14.1. The number of hydrogen-bond donors (Lipinski definition) is 0. The largest absolute Gasteiger partial charge is 0.309 e. The van der Waals surface area contributed by atoms with Gasteiger partial charge in [0.2, 0.25) is 0 Å². The maximum Gasteiger partial charge on any atom is 0.160 e. The molecule has 11 aromatic rings. The topological polar surface area (TPSA) is 35.6 Å². The van der Waals surface area contributed by atoms with Crippen LogP contribution in [-0.2, 0) is 0 Å². The van der Waals surface area contributed by atoms with Crippen LogP contribution in [0.4, 0.5) is 0 Å². The van der Waals surface area contributed by atoms with Crippen molar-refractivity contribution in [2.45, 2.75) is 0 Å². The SMILES string of the molecule is c1ccc(-c2cc(-c3ccc(-n4c5ccccc5c5cc(-n6c7ccccc7c7ccccc76)ccc54)c(-c4ccccc4)c3)nc(-c3ccccc3)n2)cc1. The van der Waals surface area contributed by atoms with Crippen LogP contribution in [0.25, 0.3) is 100 Å². The predicted octanol–water partition coefficient (Wildman–Crippen LogP) is 13.3. The third kappa shape index (κ3) is 5.23. The monoisotopic (exact) mass is 714 g/mol. The molecule has 11 rings (SSSR count). The Kier molecular flexibility index (Phi) is 7.46. The molecule has 0 saturated heterocycles. The molecule has 4 nitrogen and oxygen atoms in total. The van der Waals surface area contributed by atoms with Crippen LogP contribution in [0.2, 0.25) is 0 Å². The molecule has 0 aliphatic rings. The lowest BCUT2D eigenvalue weighted by molar-refractivity contribution is 1.16. The summed E-state index contributed by atoms with van der Waals surface area (Å²) in [4.78, 5) is 10.2. The van der Waals surface area contributed by atoms with Gasteiger partial charge in [-0.3, -0.25) is 0 Å². The number of aromatic nitrogens is 4. The molecule has 0 aliphatic carbocycles. The number of nitrogens with zero attached hydrogens (tertiary/aromatic N) is 4. The number of benzene rings is 8. The molecule has 3 aromatic heterocycles. The van der Waals surface area contributed by atoms with E-state index in [4.69, 9.17) is 9.97 Å². The maximum absolute atomic E-state index is 5.18. The number of fused-ring (bicyclic) bond motifs is 6. The third-order valence-electron chi connectivity index (χ3n) is 10.9. The fraction of sp³-hybridized carbons (Fsp3) is 0. The standard InChI is InChI=1S/C52H34N4/c1-4-16-35(17-5-1)43-32-38(46-34-45(36-18-6-2-7-19-36)53-52(54-46)37-20-8-3-9-21-37)28-30-50(43)56-49-27-15-12-24-42(49)44-33-39(29-31-51(44)56)55-47-25-13-10-22-40(47)41-23-11-14-26-48(41)55/h1-34H. The minimum atomic E-state index is 0.703. The first kappa shape index (κ1) is 31.9. The molecule has 0 bridgehead atoms. The van der Waals surface area contributed by atoms with E-state index >= 15 is 0 Å². The summed E-state index contributed by atoms with van der Waals surface area (Å²) >= 11 is 0. The molecule has 4 heteroatoms. The lowest BCUT2D eigenvalue weighted by atomic mass is 9.98. The van der Waals surface area contributed by atoms with Crippen molar-refractivity contribution in [2.75, 3.05) is 0 Å². The van der Waals surface area contributed by atoms with Gasteiger partial charge in [-0.1, -0.05) is 152 Å². The Morgan fingerprint density at radius 2 is 0.786 bits per heavy atom. The number of hydrogen-bond acceptors (Lipinski definition) is 2. The van der Waals surface area contributed by atoms with Crippen LogP contribution in [0.15, 0.2) is 206 Å². The summed E-state index contributed by atoms with van der Waals surface area (Å²) in [6.45, 7) is 0. The average molecular weight is 715 g/mol. The van der Waals surface area contributed by atoms with Gasteiger partial charge in [-0.25, -0.2) is 9.97 Å². The van der Waals surface area contributed by atoms with Crippen molar-refractivity contribution in [1.82, 2.24) is 19.1 Å². The van der Waals surface area contributed by atoms with Gasteiger partial charge < -0.3 is 9.13 Å². The van der Waals surface area contributed by atoms with Crippen LogP contribution in [0.5, 0.6) is 0 Å². The molecule has 0 radical (unpaired) electrons. The van der Waals surface area contributed by atoms with E-state index in [1.54, 1.807) is 0 Å². The molecule has 0 aliphatic heterocycles. The van der Waals surface area contributed by atoms with Crippen LogP contribution < -0.4 is 0 Å². The molecule has 56 heavy (non-hydrogen) atoms. The quantitative estimate of drug-likeness (QED) is 0.172. The summed E-state index contributed by atoms with van der Waals surface area (Å²) in [6, 6.07) is 73.2. The molecular weight excluding hydrogens is 681 g/mol. The van der Waals surface area contributed by atoms with Crippen LogP contribution in [0.1, 0.15) is 0 Å². The van der Waals surface area contributed by atoms with Gasteiger partial charge in [0.25, 0.3) is 0 Å². The Labute approximate surface area is 324 Å². The zero-order chi connectivity index (χ0) is 37.0. The zero-order valence-electron chi connectivity index (χ0n) is 30.4. The smallest absolute Gasteiger partial charge is 0.160 e. The Balaban J connectivity index is 1.13. The first-order chi connectivity index (χ1) is 27.8. The Morgan fingerprint density at radius 1 is 0.304 bits per heavy atom. The van der Waals surface area contributed by atoms with Gasteiger partial charge in [0, 0.05) is 49.5 Å². The fourth-order valence-corrected chi connectivity index (χ4v) is 8.37. The Hall–Kier alpha value is -7.56. The highest BCUT2D eigenvalue weighted by atomic mass is 15.0. The molecule has 262 valence electrons. The highest BCUT2D eigenvalue weighted by molar-refractivity contribution is 6.12. The molecule has 0 fully saturated rings. The third-order valence-corrected chi connectivity index (χ3v) is 10.9. The van der Waals surface area contributed by atoms with Gasteiger partial charge in [0.15, 0.2) is 5.82 Å². The van der Waals surface area contributed by atoms with Gasteiger partial charge >= 0.3 is 0 Å². The van der Waals surface area contributed by atoms with E-state index in [0.29, 0.717) is 5.82 Å². The lowest BCUT2D eigenvalue weighted by Crippen LogP contribution is -2.00. The van der Waals surface area contributed by atoms with Crippen molar-refractivity contribution < 1.29 is 0 Å². The molecule has 0 saturated carbocycles. The lowest BCUT2D eigenvalue weighted by Gasteiger charge is -2.17. The fourth-order valence-electron chi connectivity index (χ4n) is 8.37. The van der Waals surface area contributed by atoms with Crippen molar-refractivity contribution in [1.29, 1.82) is 0 Å². The second kappa shape index (κ2) is 13.1. The first-order valence-corrected chi connectivity index (χ1v) is 19.0. The highest BCUT2D eigenvalue weighted by Crippen LogP contribution is 2.40. The summed E-state index contributed by atoms with van der Waals surface area (Å²) in [7, 11) is 0. The van der Waals surface area contributed by atoms with Crippen molar-refractivity contribution in [3.63, 3.8) is 0 Å². The highest BCUT2D eigenvalue weighted by Gasteiger charge is 2.20. The molecule has 0 spiro atoms. The summed E-state index contributed by atoms with van der Waals surface area (Å²) in [5.74, 6) is 0.703. The van der Waals surface area contributed by atoms with Gasteiger partial charge in [-0.2, -0.15) is 0 Å². The Morgan fingerprint density at radius 3 is 1.41 bits per heavy atom. The van der Waals surface area contributed by atoms with Crippen LogP contribution in [0, 0.1) is 0 Å². The Bertz CT molecular complexity index is 3120. The molecule has 0 unspecified atom stereocenters. The van der Waals surface area contributed by atoms with Crippen molar-refractivity contribution in [2.24, 2.45) is 0 Å². The summed E-state index contributed by atoms with van der Waals surface area (Å²) in [5, 5.41) is 4.94. The zero-order valence-corrected chi connectivity index (χ0v) is 30.4. The van der Waals surface area contributed by atoms with Crippen LogP contribution in [0.3, 0.4) is 0 Å². The normalized spacial score (nSPS) is 11.6. The van der Waals surface area contributed by atoms with E-state index in [9.17, 15) is 0 Å². The van der Waals surface area contributed by atoms with Crippen molar-refractivity contribution in [3.8, 4) is 56.4 Å². The van der Waals surface area contributed by atoms with Gasteiger partial charge in [-0.15, -0.1) is 0 Å². The van der Waals surface area contributed by atoms with Gasteiger partial charge in [0.1, 0.15) is 0 Å². The second-order valence-electron chi connectivity index (χ2n) is 14.2. The molecule has 3 heterocycles. The first-order valence-electron chi connectivity index (χ1n) is 19.0. The number of para-hydroxylation sites is 3. The minimum absolute atomic E-state index is 0.703. The van der Waals surface area contributed by atoms with Crippen molar-refractivity contribution in [3.05, 3.63) is 206 Å². The van der Waals surface area contributed by atoms with Gasteiger partial charge in [0.05, 0.1) is 39.1 Å². The van der Waals surface area contributed by atoms with E-state index in [1.807, 2.05) is 24.3 Å². The maximum atomic E-state index is 5.18. The van der Waals surface area contributed by atoms with Crippen LogP contribution >= 0.6 is 0 Å². The molecular formula is C52H34N4. The number of rotatable bonds is 6. The van der Waals surface area contributed by atoms with E-state index in [-0.39, 0.29) is 0 Å². The second-order valence-corrected chi connectivity index (χ2v) is 14.2. The van der Waals surface area contributed by atoms with E-state index in [1.165, 1.54) is 32.6 Å². The molecule has 8 aromatic carbocycles. The minimum Gasteiger partial charge on any atom is -0.309 e. The molecule has 0 amide bonds. The van der Waals surface area contributed by atoms with E-state index in [0.717, 1.165) is 61.6 Å². The molecule has 0 N–H and O–H groups in total. The van der Waals surface area contributed by atoms with E-state index < -0.39 is 0 Å². The van der Waals surface area contributed by atoms with Crippen molar-refractivity contribution >= 4 is 43.6 Å². The average Bonchev–Trinajstić information content (AvgIpc) is 3.79. The summed E-state index contributed by atoms with van der Waals surface area (Å²) < 4.78 is 4.83.